The van der Waals surface area contributed by atoms with Crippen molar-refractivity contribution in [3.8, 4) is 0 Å². The van der Waals surface area contributed by atoms with Crippen LogP contribution in [0.5, 0.6) is 0 Å². The molecular formula is C12H18N2O2. The van der Waals surface area contributed by atoms with Crippen LogP contribution in [0.3, 0.4) is 0 Å². The molecule has 3 N–H and O–H groups in total. The second-order valence-corrected chi connectivity index (χ2v) is 3.96. The maximum absolute atomic E-state index is 10.9. The molecule has 0 aliphatic rings. The van der Waals surface area contributed by atoms with E-state index in [2.05, 4.69) is 18.7 Å². The Morgan fingerprint density at radius 3 is 2.56 bits per heavy atom. The van der Waals surface area contributed by atoms with Crippen LogP contribution in [-0.4, -0.2) is 23.7 Å². The zero-order chi connectivity index (χ0) is 12.3. The highest BCUT2D eigenvalue weighted by Gasteiger charge is 2.14. The van der Waals surface area contributed by atoms with Gasteiger partial charge in [0.1, 0.15) is 0 Å². The van der Waals surface area contributed by atoms with Gasteiger partial charge >= 0.3 is 5.97 Å². The lowest BCUT2D eigenvalue weighted by atomic mass is 10.1. The fourth-order valence-electron chi connectivity index (χ4n) is 1.74. The fraction of sp³-hybridized carbons (Fsp3) is 0.417. The van der Waals surface area contributed by atoms with Gasteiger partial charge in [0, 0.05) is 12.6 Å². The van der Waals surface area contributed by atoms with Crippen LogP contribution < -0.4 is 10.6 Å². The number of nitrogen functional groups attached to an aromatic ring is 1. The smallest absolute Gasteiger partial charge is 0.335 e. The first-order valence-electron chi connectivity index (χ1n) is 5.36. The predicted octanol–water partition coefficient (Wildman–Crippen LogP) is 2.20. The van der Waals surface area contributed by atoms with E-state index in [0.717, 1.165) is 12.2 Å². The predicted molar refractivity (Wildman–Crippen MR) is 66.0 cm³/mol. The average Bonchev–Trinajstić information content (AvgIpc) is 2.20. The minimum Gasteiger partial charge on any atom is -0.478 e. The van der Waals surface area contributed by atoms with E-state index in [1.807, 2.05) is 6.92 Å². The van der Waals surface area contributed by atoms with Gasteiger partial charge < -0.3 is 15.7 Å². The number of carboxylic acid groups (broad SMARTS) is 1. The van der Waals surface area contributed by atoms with Gasteiger partial charge in [0.15, 0.2) is 0 Å². The van der Waals surface area contributed by atoms with Crippen molar-refractivity contribution in [1.82, 2.24) is 0 Å². The van der Waals surface area contributed by atoms with Crippen LogP contribution in [0.25, 0.3) is 0 Å². The topological polar surface area (TPSA) is 66.6 Å². The Hall–Kier alpha value is -1.71. The van der Waals surface area contributed by atoms with Crippen molar-refractivity contribution in [2.75, 3.05) is 17.2 Å². The zero-order valence-electron chi connectivity index (χ0n) is 9.90. The first-order chi connectivity index (χ1) is 7.47. The van der Waals surface area contributed by atoms with Gasteiger partial charge in [-0.25, -0.2) is 4.79 Å². The van der Waals surface area contributed by atoms with Crippen LogP contribution in [0.15, 0.2) is 18.2 Å². The number of rotatable bonds is 4. The quantitative estimate of drug-likeness (QED) is 0.766. The van der Waals surface area contributed by atoms with Crippen molar-refractivity contribution in [3.63, 3.8) is 0 Å². The maximum Gasteiger partial charge on any atom is 0.335 e. The molecule has 0 heterocycles. The molecule has 0 aliphatic heterocycles. The molecule has 0 spiro atoms. The Labute approximate surface area is 95.7 Å². The van der Waals surface area contributed by atoms with Gasteiger partial charge in [0.2, 0.25) is 0 Å². The highest BCUT2D eigenvalue weighted by molar-refractivity contribution is 5.90. The molecule has 0 saturated heterocycles. The lowest BCUT2D eigenvalue weighted by Crippen LogP contribution is -2.31. The van der Waals surface area contributed by atoms with Crippen LogP contribution in [0.4, 0.5) is 11.4 Å². The summed E-state index contributed by atoms with van der Waals surface area (Å²) < 4.78 is 0. The van der Waals surface area contributed by atoms with E-state index in [4.69, 9.17) is 10.8 Å². The molecule has 0 aliphatic carbocycles. The molecule has 0 aromatic heterocycles. The van der Waals surface area contributed by atoms with E-state index < -0.39 is 5.97 Å². The average molecular weight is 222 g/mol. The minimum absolute atomic E-state index is 0.267. The number of carboxylic acids is 1. The van der Waals surface area contributed by atoms with Gasteiger partial charge in [-0.1, -0.05) is 0 Å². The molecule has 4 nitrogen and oxygen atoms in total. The largest absolute Gasteiger partial charge is 0.478 e. The number of aromatic carboxylic acids is 1. The van der Waals surface area contributed by atoms with E-state index in [1.165, 1.54) is 6.07 Å². The number of carbonyl (C=O) groups is 1. The van der Waals surface area contributed by atoms with Crippen LogP contribution in [0.1, 0.15) is 31.1 Å². The van der Waals surface area contributed by atoms with E-state index in [0.29, 0.717) is 5.69 Å². The molecule has 1 rings (SSSR count). The molecule has 0 radical (unpaired) electrons. The van der Waals surface area contributed by atoms with E-state index in [1.54, 1.807) is 12.1 Å². The van der Waals surface area contributed by atoms with Crippen LogP contribution >= 0.6 is 0 Å². The number of hydrogen-bond acceptors (Lipinski definition) is 3. The number of hydrogen-bond donors (Lipinski definition) is 2. The minimum atomic E-state index is -0.930. The second kappa shape index (κ2) is 4.88. The van der Waals surface area contributed by atoms with Crippen molar-refractivity contribution < 1.29 is 9.90 Å². The van der Waals surface area contributed by atoms with Gasteiger partial charge in [-0.2, -0.15) is 0 Å². The van der Waals surface area contributed by atoms with Crippen molar-refractivity contribution in [1.29, 1.82) is 0 Å². The summed E-state index contributed by atoms with van der Waals surface area (Å²) in [5.74, 6) is -0.930. The fourth-order valence-corrected chi connectivity index (χ4v) is 1.74. The Morgan fingerprint density at radius 1 is 1.50 bits per heavy atom. The molecule has 1 aromatic carbocycles. The molecule has 0 fully saturated rings. The third-order valence-corrected chi connectivity index (χ3v) is 2.55. The number of nitrogens with two attached hydrogens (primary N) is 1. The molecule has 4 heteroatoms. The molecule has 0 amide bonds. The zero-order valence-corrected chi connectivity index (χ0v) is 9.90. The summed E-state index contributed by atoms with van der Waals surface area (Å²) >= 11 is 0. The van der Waals surface area contributed by atoms with Gasteiger partial charge in [-0.3, -0.25) is 0 Å². The molecule has 88 valence electrons. The number of nitrogens with zero attached hydrogens (tertiary/aromatic N) is 1. The first-order valence-corrected chi connectivity index (χ1v) is 5.36. The summed E-state index contributed by atoms with van der Waals surface area (Å²) in [5.41, 5.74) is 7.54. The Kier molecular flexibility index (Phi) is 3.77. The summed E-state index contributed by atoms with van der Waals surface area (Å²) in [5, 5.41) is 8.93. The SMILES string of the molecule is CCN(c1cc(C(=O)O)ccc1N)C(C)C. The summed E-state index contributed by atoms with van der Waals surface area (Å²) in [6, 6.07) is 5.08. The van der Waals surface area contributed by atoms with Crippen LogP contribution in [0, 0.1) is 0 Å². The van der Waals surface area contributed by atoms with Gasteiger partial charge in [-0.05, 0) is 39.0 Å². The van der Waals surface area contributed by atoms with Gasteiger partial charge in [-0.15, -0.1) is 0 Å². The van der Waals surface area contributed by atoms with Crippen LogP contribution in [-0.2, 0) is 0 Å². The second-order valence-electron chi connectivity index (χ2n) is 3.96. The highest BCUT2D eigenvalue weighted by Crippen LogP contribution is 2.26. The Balaban J connectivity index is 3.19. The Bertz CT molecular complexity index is 389. The molecule has 0 unspecified atom stereocenters. The lowest BCUT2D eigenvalue weighted by Gasteiger charge is -2.28. The van der Waals surface area contributed by atoms with E-state index in [-0.39, 0.29) is 11.6 Å². The van der Waals surface area contributed by atoms with Gasteiger partial charge in [0.25, 0.3) is 0 Å². The summed E-state index contributed by atoms with van der Waals surface area (Å²) in [6.07, 6.45) is 0. The summed E-state index contributed by atoms with van der Waals surface area (Å²) in [4.78, 5) is 13.0. The Morgan fingerprint density at radius 2 is 2.12 bits per heavy atom. The lowest BCUT2D eigenvalue weighted by molar-refractivity contribution is 0.0697. The number of benzene rings is 1. The highest BCUT2D eigenvalue weighted by atomic mass is 16.4. The third kappa shape index (κ3) is 2.45. The monoisotopic (exact) mass is 222 g/mol. The molecule has 0 saturated carbocycles. The maximum atomic E-state index is 10.9. The van der Waals surface area contributed by atoms with E-state index in [9.17, 15) is 4.79 Å². The molecule has 16 heavy (non-hydrogen) atoms. The van der Waals surface area contributed by atoms with Crippen molar-refractivity contribution >= 4 is 17.3 Å². The van der Waals surface area contributed by atoms with Crippen LogP contribution in [0.2, 0.25) is 0 Å². The summed E-state index contributed by atoms with van der Waals surface area (Å²) in [7, 11) is 0. The molecule has 0 atom stereocenters. The van der Waals surface area contributed by atoms with Crippen molar-refractivity contribution in [2.24, 2.45) is 0 Å². The standard InChI is InChI=1S/C12H18N2O2/c1-4-14(8(2)3)11-7-9(12(15)16)5-6-10(11)13/h5-8H,4,13H2,1-3H3,(H,15,16). The van der Waals surface area contributed by atoms with Crippen molar-refractivity contribution in [2.45, 2.75) is 26.8 Å². The first kappa shape index (κ1) is 12.4. The third-order valence-electron chi connectivity index (χ3n) is 2.55. The molecule has 0 bridgehead atoms. The van der Waals surface area contributed by atoms with Crippen molar-refractivity contribution in [3.05, 3.63) is 23.8 Å². The van der Waals surface area contributed by atoms with Gasteiger partial charge in [0.05, 0.1) is 16.9 Å². The number of anilines is 2. The molecule has 1 aromatic rings. The summed E-state index contributed by atoms with van der Waals surface area (Å²) in [6.45, 7) is 6.92. The molecular weight excluding hydrogens is 204 g/mol. The van der Waals surface area contributed by atoms with E-state index >= 15 is 0 Å². The normalized spacial score (nSPS) is 10.5.